The lowest BCUT2D eigenvalue weighted by atomic mass is 10.1. The molecular formula is C23H20N4O2S. The number of ether oxygens (including phenoxy) is 1. The minimum absolute atomic E-state index is 0.163. The number of aromatic nitrogens is 2. The van der Waals surface area contributed by atoms with Crippen molar-refractivity contribution in [3.8, 4) is 11.3 Å². The Labute approximate surface area is 178 Å². The third-order valence-corrected chi connectivity index (χ3v) is 5.14. The maximum atomic E-state index is 11.5. The van der Waals surface area contributed by atoms with Crippen molar-refractivity contribution in [1.29, 1.82) is 0 Å². The molecule has 4 aromatic rings. The van der Waals surface area contributed by atoms with Crippen LogP contribution in [0.25, 0.3) is 22.2 Å². The zero-order valence-corrected chi connectivity index (χ0v) is 17.2. The molecule has 0 aliphatic heterocycles. The zero-order valence-electron chi connectivity index (χ0n) is 16.4. The van der Waals surface area contributed by atoms with E-state index in [2.05, 4.69) is 21.6 Å². The number of carbonyl (C=O) groups excluding carboxylic acids is 1. The lowest BCUT2D eigenvalue weighted by Gasteiger charge is -2.04. The Morgan fingerprint density at radius 3 is 2.80 bits per heavy atom. The molecule has 6 nitrogen and oxygen atoms in total. The summed E-state index contributed by atoms with van der Waals surface area (Å²) < 4.78 is 4.94. The van der Waals surface area contributed by atoms with Crippen LogP contribution in [0, 0.1) is 0 Å². The second-order valence-corrected chi connectivity index (χ2v) is 7.37. The number of nitrogens with zero attached hydrogens (tertiary/aromatic N) is 3. The van der Waals surface area contributed by atoms with Crippen molar-refractivity contribution in [3.63, 3.8) is 0 Å². The first kappa shape index (κ1) is 19.7. The number of hydrogen-bond donors (Lipinski definition) is 1. The van der Waals surface area contributed by atoms with Crippen molar-refractivity contribution >= 4 is 39.6 Å². The highest BCUT2D eigenvalue weighted by Crippen LogP contribution is 2.21. The summed E-state index contributed by atoms with van der Waals surface area (Å²) in [6, 6.07) is 20.2. The fourth-order valence-corrected chi connectivity index (χ4v) is 3.60. The Kier molecular flexibility index (Phi) is 6.10. The van der Waals surface area contributed by atoms with Crippen molar-refractivity contribution in [2.24, 2.45) is 5.10 Å². The van der Waals surface area contributed by atoms with Crippen LogP contribution in [0.2, 0.25) is 0 Å². The predicted molar refractivity (Wildman–Crippen MR) is 121 cm³/mol. The van der Waals surface area contributed by atoms with Crippen LogP contribution in [0.15, 0.2) is 71.1 Å². The fraction of sp³-hybridized carbons (Fsp3) is 0.130. The Morgan fingerprint density at radius 2 is 1.97 bits per heavy atom. The molecule has 0 radical (unpaired) electrons. The minimum Gasteiger partial charge on any atom is -0.466 e. The normalized spacial score (nSPS) is 11.1. The molecular weight excluding hydrogens is 396 g/mol. The van der Waals surface area contributed by atoms with E-state index in [9.17, 15) is 4.79 Å². The molecule has 0 fully saturated rings. The number of rotatable bonds is 7. The number of anilines is 1. The quantitative estimate of drug-likeness (QED) is 0.263. The van der Waals surface area contributed by atoms with E-state index < -0.39 is 0 Å². The van der Waals surface area contributed by atoms with Crippen LogP contribution < -0.4 is 5.43 Å². The van der Waals surface area contributed by atoms with E-state index in [1.54, 1.807) is 13.1 Å². The van der Waals surface area contributed by atoms with Gasteiger partial charge in [-0.1, -0.05) is 48.5 Å². The van der Waals surface area contributed by atoms with Gasteiger partial charge in [0, 0.05) is 16.3 Å². The summed E-state index contributed by atoms with van der Waals surface area (Å²) in [5, 5.41) is 7.77. The number of thiazole rings is 1. The molecule has 7 heteroatoms. The molecule has 2 aromatic carbocycles. The van der Waals surface area contributed by atoms with Gasteiger partial charge in [0.25, 0.3) is 0 Å². The van der Waals surface area contributed by atoms with E-state index in [0.717, 1.165) is 27.7 Å². The van der Waals surface area contributed by atoms with Crippen molar-refractivity contribution in [2.75, 3.05) is 12.0 Å². The molecule has 0 aliphatic carbocycles. The van der Waals surface area contributed by atoms with Gasteiger partial charge in [-0.25, -0.2) is 9.97 Å². The smallest absolute Gasteiger partial charge is 0.311 e. The van der Waals surface area contributed by atoms with E-state index in [1.807, 2.05) is 60.0 Å². The van der Waals surface area contributed by atoms with Gasteiger partial charge in [-0.15, -0.1) is 11.3 Å². The second kappa shape index (κ2) is 9.28. The summed E-state index contributed by atoms with van der Waals surface area (Å²) >= 11 is 1.39. The van der Waals surface area contributed by atoms with Gasteiger partial charge in [-0.2, -0.15) is 5.10 Å². The number of carbonyl (C=O) groups is 1. The van der Waals surface area contributed by atoms with Gasteiger partial charge < -0.3 is 4.74 Å². The SMILES string of the molecule is CCOC(=O)Cc1csc(NN=Cc2ccc3ccc(-c4ccccc4)nc3c2)n1. The van der Waals surface area contributed by atoms with Crippen LogP contribution in [0.5, 0.6) is 0 Å². The molecule has 2 aromatic heterocycles. The largest absolute Gasteiger partial charge is 0.466 e. The van der Waals surface area contributed by atoms with Crippen LogP contribution in [-0.4, -0.2) is 28.8 Å². The van der Waals surface area contributed by atoms with Crippen LogP contribution in [-0.2, 0) is 16.0 Å². The third-order valence-electron chi connectivity index (χ3n) is 4.34. The number of benzene rings is 2. The fourth-order valence-electron chi connectivity index (χ4n) is 2.95. The summed E-state index contributed by atoms with van der Waals surface area (Å²) in [4.78, 5) is 20.7. The van der Waals surface area contributed by atoms with Crippen LogP contribution in [0.3, 0.4) is 0 Å². The molecule has 0 saturated heterocycles. The Bertz CT molecular complexity index is 1190. The molecule has 4 rings (SSSR count). The van der Waals surface area contributed by atoms with Gasteiger partial charge in [0.1, 0.15) is 0 Å². The summed E-state index contributed by atoms with van der Waals surface area (Å²) in [6.45, 7) is 2.15. The zero-order chi connectivity index (χ0) is 20.8. The van der Waals surface area contributed by atoms with Crippen molar-refractivity contribution in [2.45, 2.75) is 13.3 Å². The van der Waals surface area contributed by atoms with Crippen LogP contribution >= 0.6 is 11.3 Å². The lowest BCUT2D eigenvalue weighted by Crippen LogP contribution is -2.07. The van der Waals surface area contributed by atoms with Gasteiger partial charge in [-0.05, 0) is 24.6 Å². The van der Waals surface area contributed by atoms with E-state index in [4.69, 9.17) is 9.72 Å². The minimum atomic E-state index is -0.281. The topological polar surface area (TPSA) is 76.5 Å². The second-order valence-electron chi connectivity index (χ2n) is 6.51. The van der Waals surface area contributed by atoms with E-state index in [0.29, 0.717) is 17.4 Å². The Balaban J connectivity index is 1.45. The average molecular weight is 417 g/mol. The van der Waals surface area contributed by atoms with E-state index in [-0.39, 0.29) is 12.4 Å². The molecule has 0 unspecified atom stereocenters. The summed E-state index contributed by atoms with van der Waals surface area (Å²) in [7, 11) is 0. The van der Waals surface area contributed by atoms with Gasteiger partial charge in [0.15, 0.2) is 0 Å². The lowest BCUT2D eigenvalue weighted by molar-refractivity contribution is -0.142. The molecule has 1 N–H and O–H groups in total. The number of hydrogen-bond acceptors (Lipinski definition) is 7. The first-order chi connectivity index (χ1) is 14.7. The van der Waals surface area contributed by atoms with Gasteiger partial charge >= 0.3 is 5.97 Å². The Morgan fingerprint density at radius 1 is 1.13 bits per heavy atom. The van der Waals surface area contributed by atoms with Gasteiger partial charge in [0.05, 0.1) is 36.1 Å². The first-order valence-corrected chi connectivity index (χ1v) is 10.4. The molecule has 0 spiro atoms. The molecule has 0 amide bonds. The summed E-state index contributed by atoms with van der Waals surface area (Å²) in [5.74, 6) is -0.281. The monoisotopic (exact) mass is 416 g/mol. The maximum Gasteiger partial charge on any atom is 0.311 e. The molecule has 0 bridgehead atoms. The molecule has 0 atom stereocenters. The highest BCUT2D eigenvalue weighted by atomic mass is 32.1. The molecule has 0 aliphatic rings. The van der Waals surface area contributed by atoms with E-state index in [1.165, 1.54) is 11.3 Å². The highest BCUT2D eigenvalue weighted by Gasteiger charge is 2.08. The van der Waals surface area contributed by atoms with Crippen molar-refractivity contribution < 1.29 is 9.53 Å². The number of pyridine rings is 1. The van der Waals surface area contributed by atoms with E-state index >= 15 is 0 Å². The molecule has 0 saturated carbocycles. The van der Waals surface area contributed by atoms with Crippen LogP contribution in [0.1, 0.15) is 18.2 Å². The van der Waals surface area contributed by atoms with Gasteiger partial charge in [0.2, 0.25) is 5.13 Å². The predicted octanol–water partition coefficient (Wildman–Crippen LogP) is 4.91. The first-order valence-electron chi connectivity index (χ1n) is 9.56. The third kappa shape index (κ3) is 4.87. The average Bonchev–Trinajstić information content (AvgIpc) is 3.21. The summed E-state index contributed by atoms with van der Waals surface area (Å²) in [6.07, 6.45) is 1.89. The highest BCUT2D eigenvalue weighted by molar-refractivity contribution is 7.13. The molecule has 2 heterocycles. The summed E-state index contributed by atoms with van der Waals surface area (Å²) in [5.41, 5.74) is 7.43. The number of hydrazone groups is 1. The standard InChI is InChI=1S/C23H20N4O2S/c1-2-29-22(28)13-19-15-30-23(25-19)27-24-14-16-8-9-18-10-11-20(26-21(18)12-16)17-6-4-3-5-7-17/h3-12,14-15H,2,13H2,1H3,(H,25,27). The number of esters is 1. The molecule has 30 heavy (non-hydrogen) atoms. The van der Waals surface area contributed by atoms with Crippen LogP contribution in [0.4, 0.5) is 5.13 Å². The molecule has 150 valence electrons. The van der Waals surface area contributed by atoms with Crippen molar-refractivity contribution in [1.82, 2.24) is 9.97 Å². The Hall–Kier alpha value is -3.58. The maximum absolute atomic E-state index is 11.5. The van der Waals surface area contributed by atoms with Crippen molar-refractivity contribution in [3.05, 3.63) is 77.3 Å². The number of fused-ring (bicyclic) bond motifs is 1. The number of nitrogens with one attached hydrogen (secondary N) is 1. The van der Waals surface area contributed by atoms with Gasteiger partial charge in [-0.3, -0.25) is 10.2 Å².